The monoisotopic (exact) mass is 424 g/mol. The summed E-state index contributed by atoms with van der Waals surface area (Å²) in [4.78, 5) is 24.5. The molecule has 8 atom stereocenters. The molecule has 3 fully saturated rings. The summed E-state index contributed by atoms with van der Waals surface area (Å²) in [5.41, 5.74) is -2.69. The van der Waals surface area contributed by atoms with Crippen molar-refractivity contribution in [1.82, 2.24) is 0 Å². The van der Waals surface area contributed by atoms with Gasteiger partial charge in [0.2, 0.25) is 0 Å². The van der Waals surface area contributed by atoms with Gasteiger partial charge in [-0.25, -0.2) is 4.39 Å². The molecule has 0 radical (unpaired) electrons. The second-order valence-electron chi connectivity index (χ2n) is 9.64. The van der Waals surface area contributed by atoms with Crippen LogP contribution in [0, 0.1) is 28.6 Å². The Morgan fingerprint density at radius 3 is 2.72 bits per heavy atom. The first kappa shape index (κ1) is 20.9. The van der Waals surface area contributed by atoms with Crippen LogP contribution >= 0.6 is 0 Å². The highest BCUT2D eigenvalue weighted by molar-refractivity contribution is 7.84. The van der Waals surface area contributed by atoms with E-state index in [9.17, 15) is 18.9 Å². The molecular formula is C22H29FO5S. The van der Waals surface area contributed by atoms with Crippen LogP contribution in [-0.2, 0) is 25.1 Å². The normalized spacial score (nSPS) is 46.9. The summed E-state index contributed by atoms with van der Waals surface area (Å²) in [5.74, 6) is -1.54. The highest BCUT2D eigenvalue weighted by atomic mass is 32.2. The fraction of sp³-hybridized carbons (Fsp3) is 0.727. The van der Waals surface area contributed by atoms with Crippen LogP contribution in [-0.4, -0.2) is 45.0 Å². The largest absolute Gasteiger partial charge is 0.452 e. The maximum Gasteiger partial charge on any atom is 0.310 e. The zero-order valence-corrected chi connectivity index (χ0v) is 18.0. The van der Waals surface area contributed by atoms with Gasteiger partial charge in [-0.05, 0) is 62.5 Å². The van der Waals surface area contributed by atoms with E-state index in [0.717, 1.165) is 5.57 Å². The van der Waals surface area contributed by atoms with E-state index in [4.69, 9.17) is 4.74 Å². The number of halogens is 1. The smallest absolute Gasteiger partial charge is 0.310 e. The molecule has 1 N–H and O–H groups in total. The van der Waals surface area contributed by atoms with E-state index in [-0.39, 0.29) is 24.1 Å². The van der Waals surface area contributed by atoms with Gasteiger partial charge in [0.1, 0.15) is 0 Å². The van der Waals surface area contributed by atoms with Crippen molar-refractivity contribution >= 4 is 22.6 Å². The average molecular weight is 425 g/mol. The third-order valence-electron chi connectivity index (χ3n) is 8.29. The number of carbonyl (C=O) groups is 2. The van der Waals surface area contributed by atoms with E-state index in [1.165, 1.54) is 18.4 Å². The van der Waals surface area contributed by atoms with E-state index in [0.29, 0.717) is 25.7 Å². The van der Waals surface area contributed by atoms with E-state index in [1.54, 1.807) is 13.0 Å². The minimum Gasteiger partial charge on any atom is -0.452 e. The Hall–Kier alpha value is -1.34. The Labute approximate surface area is 173 Å². The van der Waals surface area contributed by atoms with Crippen molar-refractivity contribution in [2.24, 2.45) is 28.6 Å². The number of esters is 1. The molecule has 160 valence electrons. The summed E-state index contributed by atoms with van der Waals surface area (Å²) in [6, 6.07) is 0. The van der Waals surface area contributed by atoms with Crippen molar-refractivity contribution in [1.29, 1.82) is 0 Å². The zero-order chi connectivity index (χ0) is 21.2. The summed E-state index contributed by atoms with van der Waals surface area (Å²) in [5, 5.41) is 11.1. The lowest BCUT2D eigenvalue weighted by molar-refractivity contribution is -0.198. The molecule has 0 amide bonds. The van der Waals surface area contributed by atoms with Crippen molar-refractivity contribution < 1.29 is 28.0 Å². The summed E-state index contributed by atoms with van der Waals surface area (Å²) in [6.07, 6.45) is 7.44. The second-order valence-corrected chi connectivity index (χ2v) is 11.0. The van der Waals surface area contributed by atoms with Crippen LogP contribution < -0.4 is 0 Å². The SMILES string of the molecule is CS(=O)COC(=O)[C@H]1CC[C@H]2[C@@H]3CCC4=CC(=O)C=C[C@]4(C)[C@@]3(F)[C@@H](O)C[C@]12C. The standard InChI is InChI=1S/C22H29FO5S/c1-20-11-18(25)22(23)16(5-4-13-10-14(24)8-9-21(13,22)2)15(20)6-7-17(20)19(26)28-12-29(3)27/h8-10,15-18,25H,4-7,11-12H2,1-3H3/t15-,16-,17+,18-,20-,21-,22-,29?/m0/s1. The number of allylic oxidation sites excluding steroid dienone is 4. The second kappa shape index (κ2) is 6.84. The first-order valence-corrected chi connectivity index (χ1v) is 12.0. The highest BCUT2D eigenvalue weighted by Crippen LogP contribution is 2.68. The van der Waals surface area contributed by atoms with Crippen molar-refractivity contribution in [3.05, 3.63) is 23.8 Å². The maximum absolute atomic E-state index is 16.8. The molecule has 0 spiro atoms. The van der Waals surface area contributed by atoms with Gasteiger partial charge in [0.15, 0.2) is 17.4 Å². The number of ketones is 1. The molecular weight excluding hydrogens is 395 g/mol. The lowest BCUT2D eigenvalue weighted by Gasteiger charge is -2.61. The molecule has 0 aliphatic heterocycles. The molecule has 0 aromatic carbocycles. The molecule has 3 saturated carbocycles. The van der Waals surface area contributed by atoms with E-state index in [2.05, 4.69) is 0 Å². The summed E-state index contributed by atoms with van der Waals surface area (Å²) in [7, 11) is -1.24. The molecule has 5 nitrogen and oxygen atoms in total. The number of hydrogen-bond acceptors (Lipinski definition) is 5. The van der Waals surface area contributed by atoms with E-state index >= 15 is 4.39 Å². The van der Waals surface area contributed by atoms with Gasteiger partial charge in [-0.2, -0.15) is 0 Å². The highest BCUT2D eigenvalue weighted by Gasteiger charge is 2.71. The molecule has 4 rings (SSSR count). The van der Waals surface area contributed by atoms with Crippen LogP contribution in [0.2, 0.25) is 0 Å². The van der Waals surface area contributed by atoms with Crippen LogP contribution in [0.4, 0.5) is 4.39 Å². The van der Waals surface area contributed by atoms with E-state index in [1.807, 2.05) is 6.92 Å². The van der Waals surface area contributed by atoms with Gasteiger partial charge in [0, 0.05) is 17.6 Å². The van der Waals surface area contributed by atoms with Crippen molar-refractivity contribution in [2.75, 3.05) is 12.2 Å². The molecule has 4 aliphatic carbocycles. The molecule has 7 heteroatoms. The third-order valence-corrected chi connectivity index (χ3v) is 8.74. The Kier molecular flexibility index (Phi) is 4.93. The predicted octanol–water partition coefficient (Wildman–Crippen LogP) is 2.85. The quantitative estimate of drug-likeness (QED) is 0.705. The third kappa shape index (κ3) is 2.83. The Morgan fingerprint density at radius 1 is 1.31 bits per heavy atom. The summed E-state index contributed by atoms with van der Waals surface area (Å²) in [6.45, 7) is 3.76. The Morgan fingerprint density at radius 2 is 2.03 bits per heavy atom. The molecule has 0 saturated heterocycles. The minimum atomic E-state index is -1.87. The zero-order valence-electron chi connectivity index (χ0n) is 17.2. The Bertz CT molecular complexity index is 837. The Balaban J connectivity index is 1.67. The number of hydrogen-bond donors (Lipinski definition) is 1. The van der Waals surface area contributed by atoms with Gasteiger partial charge < -0.3 is 9.84 Å². The van der Waals surface area contributed by atoms with Crippen molar-refractivity contribution in [3.8, 4) is 0 Å². The van der Waals surface area contributed by atoms with Crippen LogP contribution in [0.1, 0.15) is 46.0 Å². The molecule has 1 unspecified atom stereocenters. The number of aliphatic hydroxyl groups is 1. The number of aliphatic hydroxyl groups excluding tert-OH is 1. The number of carbonyl (C=O) groups excluding carboxylic acids is 2. The molecule has 0 bridgehead atoms. The minimum absolute atomic E-state index is 0.0509. The van der Waals surface area contributed by atoms with Crippen molar-refractivity contribution in [2.45, 2.75) is 57.7 Å². The summed E-state index contributed by atoms with van der Waals surface area (Å²) < 4.78 is 33.4. The average Bonchev–Trinajstić information content (AvgIpc) is 2.98. The number of alkyl halides is 1. The van der Waals surface area contributed by atoms with Gasteiger partial charge in [0.05, 0.1) is 22.8 Å². The fourth-order valence-electron chi connectivity index (χ4n) is 6.84. The maximum atomic E-state index is 16.8. The molecule has 4 aliphatic rings. The first-order chi connectivity index (χ1) is 13.5. The van der Waals surface area contributed by atoms with Crippen LogP contribution in [0.5, 0.6) is 0 Å². The van der Waals surface area contributed by atoms with Crippen molar-refractivity contribution in [3.63, 3.8) is 0 Å². The lowest BCUT2D eigenvalue weighted by atomic mass is 9.45. The van der Waals surface area contributed by atoms with Gasteiger partial charge in [-0.3, -0.25) is 13.8 Å². The van der Waals surface area contributed by atoms with Crippen LogP contribution in [0.3, 0.4) is 0 Å². The van der Waals surface area contributed by atoms with Gasteiger partial charge in [0.25, 0.3) is 0 Å². The molecule has 29 heavy (non-hydrogen) atoms. The van der Waals surface area contributed by atoms with E-state index < -0.39 is 51.2 Å². The molecule has 0 heterocycles. The fourth-order valence-corrected chi connectivity index (χ4v) is 7.12. The predicted molar refractivity (Wildman–Crippen MR) is 107 cm³/mol. The molecule has 0 aromatic heterocycles. The summed E-state index contributed by atoms with van der Waals surface area (Å²) >= 11 is 0. The number of ether oxygens (including phenoxy) is 1. The lowest BCUT2D eigenvalue weighted by Crippen LogP contribution is -2.66. The number of rotatable bonds is 3. The topological polar surface area (TPSA) is 80.7 Å². The van der Waals surface area contributed by atoms with Crippen LogP contribution in [0.25, 0.3) is 0 Å². The van der Waals surface area contributed by atoms with Gasteiger partial charge in [-0.1, -0.05) is 18.6 Å². The van der Waals surface area contributed by atoms with Gasteiger partial charge >= 0.3 is 5.97 Å². The molecule has 0 aromatic rings. The van der Waals surface area contributed by atoms with Gasteiger partial charge in [-0.15, -0.1) is 0 Å². The van der Waals surface area contributed by atoms with Crippen LogP contribution in [0.15, 0.2) is 23.8 Å². The number of fused-ring (bicyclic) bond motifs is 5. The first-order valence-electron chi connectivity index (χ1n) is 10.3.